The molecule has 5 nitrogen and oxygen atoms in total. The van der Waals surface area contributed by atoms with E-state index < -0.39 is 0 Å². The minimum atomic E-state index is -0.0137. The van der Waals surface area contributed by atoms with Crippen LogP contribution in [0.4, 0.5) is 11.4 Å². The molecule has 3 aromatic rings. The summed E-state index contributed by atoms with van der Waals surface area (Å²) >= 11 is 0. The number of nitrogens with one attached hydrogen (secondary N) is 1. The standard InChI is InChI=1S/C26H27N3O2/c1-19-9-8-14-23(20(19)2)27-24-13-7-6-12-22(24)26(31)29-17-15-28(16-18-29)25(30)21-10-4-3-5-11-21/h3-14,27H,15-18H2,1-2H3. The third kappa shape index (κ3) is 4.45. The quantitative estimate of drug-likeness (QED) is 0.678. The van der Waals surface area contributed by atoms with Crippen LogP contribution < -0.4 is 5.32 Å². The molecule has 0 radical (unpaired) electrons. The van der Waals surface area contributed by atoms with Crippen LogP contribution in [0.25, 0.3) is 0 Å². The van der Waals surface area contributed by atoms with E-state index in [1.54, 1.807) is 0 Å². The Morgan fingerprint density at radius 2 is 1.26 bits per heavy atom. The summed E-state index contributed by atoms with van der Waals surface area (Å²) in [6.45, 7) is 6.27. The van der Waals surface area contributed by atoms with Gasteiger partial charge in [-0.2, -0.15) is 0 Å². The number of hydrogen-bond donors (Lipinski definition) is 1. The lowest BCUT2D eigenvalue weighted by Crippen LogP contribution is -2.50. The van der Waals surface area contributed by atoms with E-state index in [1.807, 2.05) is 76.5 Å². The van der Waals surface area contributed by atoms with Gasteiger partial charge in [0.25, 0.3) is 11.8 Å². The van der Waals surface area contributed by atoms with Gasteiger partial charge in [-0.15, -0.1) is 0 Å². The van der Waals surface area contributed by atoms with E-state index in [0.717, 1.165) is 16.9 Å². The predicted octanol–water partition coefficient (Wildman–Crippen LogP) is 4.65. The summed E-state index contributed by atoms with van der Waals surface area (Å²) in [4.78, 5) is 29.6. The van der Waals surface area contributed by atoms with Gasteiger partial charge in [0.2, 0.25) is 0 Å². The molecule has 0 unspecified atom stereocenters. The molecule has 158 valence electrons. The summed E-state index contributed by atoms with van der Waals surface area (Å²) in [6, 6.07) is 23.0. The van der Waals surface area contributed by atoms with Crippen molar-refractivity contribution in [2.75, 3.05) is 31.5 Å². The monoisotopic (exact) mass is 413 g/mol. The number of para-hydroxylation sites is 1. The topological polar surface area (TPSA) is 52.7 Å². The lowest BCUT2D eigenvalue weighted by Gasteiger charge is -2.35. The number of aryl methyl sites for hydroxylation is 1. The number of anilines is 2. The smallest absolute Gasteiger partial charge is 0.256 e. The van der Waals surface area contributed by atoms with Gasteiger partial charge < -0.3 is 15.1 Å². The summed E-state index contributed by atoms with van der Waals surface area (Å²) in [5, 5.41) is 3.44. The molecule has 0 bridgehead atoms. The Morgan fingerprint density at radius 1 is 0.677 bits per heavy atom. The van der Waals surface area contributed by atoms with E-state index in [0.29, 0.717) is 37.3 Å². The molecule has 0 atom stereocenters. The summed E-state index contributed by atoms with van der Waals surface area (Å²) < 4.78 is 0. The molecule has 0 spiro atoms. The number of carbonyl (C=O) groups is 2. The second kappa shape index (κ2) is 9.04. The highest BCUT2D eigenvalue weighted by atomic mass is 16.2. The Bertz CT molecular complexity index is 1090. The fourth-order valence-electron chi connectivity index (χ4n) is 3.86. The lowest BCUT2D eigenvalue weighted by atomic mass is 10.1. The van der Waals surface area contributed by atoms with Crippen molar-refractivity contribution >= 4 is 23.2 Å². The Morgan fingerprint density at radius 3 is 1.97 bits per heavy atom. The summed E-state index contributed by atoms with van der Waals surface area (Å²) in [5.74, 6) is 0.00454. The number of amides is 2. The van der Waals surface area contributed by atoms with Crippen LogP contribution in [0.15, 0.2) is 72.8 Å². The molecule has 1 fully saturated rings. The molecule has 0 aromatic heterocycles. The number of carbonyl (C=O) groups excluding carboxylic acids is 2. The molecule has 2 amide bonds. The molecule has 1 saturated heterocycles. The van der Waals surface area contributed by atoms with Crippen LogP contribution in [0.1, 0.15) is 31.8 Å². The van der Waals surface area contributed by atoms with Gasteiger partial charge in [-0.1, -0.05) is 42.5 Å². The lowest BCUT2D eigenvalue weighted by molar-refractivity contribution is 0.0536. The van der Waals surface area contributed by atoms with E-state index in [1.165, 1.54) is 5.56 Å². The zero-order chi connectivity index (χ0) is 21.8. The second-order valence-corrected chi connectivity index (χ2v) is 7.87. The van der Waals surface area contributed by atoms with Crippen molar-refractivity contribution in [3.8, 4) is 0 Å². The molecule has 0 aliphatic carbocycles. The van der Waals surface area contributed by atoms with Gasteiger partial charge in [0.1, 0.15) is 0 Å². The number of benzene rings is 3. The molecule has 1 N–H and O–H groups in total. The summed E-state index contributed by atoms with van der Waals surface area (Å²) in [5.41, 5.74) is 5.49. The molecule has 1 heterocycles. The number of rotatable bonds is 4. The van der Waals surface area contributed by atoms with Gasteiger partial charge in [-0.3, -0.25) is 9.59 Å². The average molecular weight is 414 g/mol. The fourth-order valence-corrected chi connectivity index (χ4v) is 3.86. The Kier molecular flexibility index (Phi) is 6.03. The highest BCUT2D eigenvalue weighted by Crippen LogP contribution is 2.26. The van der Waals surface area contributed by atoms with E-state index in [9.17, 15) is 9.59 Å². The van der Waals surface area contributed by atoms with Crippen molar-refractivity contribution < 1.29 is 9.59 Å². The minimum absolute atomic E-state index is 0.0137. The molecule has 31 heavy (non-hydrogen) atoms. The van der Waals surface area contributed by atoms with Crippen molar-refractivity contribution in [2.45, 2.75) is 13.8 Å². The molecule has 1 aliphatic heterocycles. The maximum Gasteiger partial charge on any atom is 0.256 e. The van der Waals surface area contributed by atoms with Gasteiger partial charge in [0, 0.05) is 37.4 Å². The number of nitrogens with zero attached hydrogens (tertiary/aromatic N) is 2. The fraction of sp³-hybridized carbons (Fsp3) is 0.231. The highest BCUT2D eigenvalue weighted by Gasteiger charge is 2.26. The molecule has 1 aliphatic rings. The highest BCUT2D eigenvalue weighted by molar-refractivity contribution is 6.00. The summed E-state index contributed by atoms with van der Waals surface area (Å²) in [6.07, 6.45) is 0. The zero-order valence-electron chi connectivity index (χ0n) is 18.0. The average Bonchev–Trinajstić information content (AvgIpc) is 2.82. The van der Waals surface area contributed by atoms with Crippen LogP contribution in [0, 0.1) is 13.8 Å². The van der Waals surface area contributed by atoms with Crippen LogP contribution in [0.5, 0.6) is 0 Å². The van der Waals surface area contributed by atoms with Gasteiger partial charge in [0.15, 0.2) is 0 Å². The summed E-state index contributed by atoms with van der Waals surface area (Å²) in [7, 11) is 0. The molecule has 5 heteroatoms. The first-order valence-corrected chi connectivity index (χ1v) is 10.6. The largest absolute Gasteiger partial charge is 0.355 e. The van der Waals surface area contributed by atoms with E-state index >= 15 is 0 Å². The van der Waals surface area contributed by atoms with E-state index in [4.69, 9.17) is 0 Å². The Balaban J connectivity index is 1.46. The van der Waals surface area contributed by atoms with Crippen molar-refractivity contribution in [1.29, 1.82) is 0 Å². The molecule has 3 aromatic carbocycles. The van der Waals surface area contributed by atoms with Crippen LogP contribution in [-0.2, 0) is 0 Å². The number of hydrogen-bond acceptors (Lipinski definition) is 3. The molecular weight excluding hydrogens is 386 g/mol. The first kappa shape index (κ1) is 20.7. The Labute approximate surface area is 183 Å². The number of piperazine rings is 1. The first-order valence-electron chi connectivity index (χ1n) is 10.6. The third-order valence-electron chi connectivity index (χ3n) is 5.91. The Hall–Kier alpha value is -3.60. The minimum Gasteiger partial charge on any atom is -0.355 e. The van der Waals surface area contributed by atoms with Crippen molar-refractivity contribution in [3.63, 3.8) is 0 Å². The first-order chi connectivity index (χ1) is 15.0. The predicted molar refractivity (Wildman–Crippen MR) is 124 cm³/mol. The normalized spacial score (nSPS) is 13.7. The van der Waals surface area contributed by atoms with Crippen molar-refractivity contribution in [3.05, 3.63) is 95.1 Å². The van der Waals surface area contributed by atoms with Crippen molar-refractivity contribution in [1.82, 2.24) is 9.80 Å². The molecular formula is C26H27N3O2. The second-order valence-electron chi connectivity index (χ2n) is 7.87. The van der Waals surface area contributed by atoms with E-state index in [2.05, 4.69) is 25.2 Å². The van der Waals surface area contributed by atoms with Crippen LogP contribution in [0.2, 0.25) is 0 Å². The SMILES string of the molecule is Cc1cccc(Nc2ccccc2C(=O)N2CCN(C(=O)c3ccccc3)CC2)c1C. The molecule has 0 saturated carbocycles. The van der Waals surface area contributed by atoms with Crippen LogP contribution in [-0.4, -0.2) is 47.8 Å². The van der Waals surface area contributed by atoms with Gasteiger partial charge in [-0.05, 0) is 55.3 Å². The zero-order valence-corrected chi connectivity index (χ0v) is 18.0. The molecule has 4 rings (SSSR count). The maximum absolute atomic E-state index is 13.3. The van der Waals surface area contributed by atoms with Gasteiger partial charge >= 0.3 is 0 Å². The van der Waals surface area contributed by atoms with Gasteiger partial charge in [-0.25, -0.2) is 0 Å². The maximum atomic E-state index is 13.3. The third-order valence-corrected chi connectivity index (χ3v) is 5.91. The van der Waals surface area contributed by atoms with Crippen LogP contribution >= 0.6 is 0 Å². The van der Waals surface area contributed by atoms with E-state index in [-0.39, 0.29) is 11.8 Å². The van der Waals surface area contributed by atoms with Crippen molar-refractivity contribution in [2.24, 2.45) is 0 Å². The van der Waals surface area contributed by atoms with Gasteiger partial charge in [0.05, 0.1) is 11.3 Å². The van der Waals surface area contributed by atoms with Crippen LogP contribution in [0.3, 0.4) is 0 Å².